The molecule has 32 heavy (non-hydrogen) atoms. The normalized spacial score (nSPS) is 16.8. The number of rotatable bonds is 9. The predicted molar refractivity (Wildman–Crippen MR) is 124 cm³/mol. The van der Waals surface area contributed by atoms with Crippen LogP contribution < -0.4 is 20.1 Å². The lowest BCUT2D eigenvalue weighted by Crippen LogP contribution is -2.47. The zero-order valence-electron chi connectivity index (χ0n) is 19.0. The van der Waals surface area contributed by atoms with Crippen LogP contribution in [0, 0.1) is 5.82 Å². The highest BCUT2D eigenvalue weighted by molar-refractivity contribution is 5.79. The maximum Gasteiger partial charge on any atom is 0.191 e. The topological polar surface area (TPSA) is 67.4 Å². The Morgan fingerprint density at radius 2 is 1.81 bits per heavy atom. The first-order chi connectivity index (χ1) is 15.6. The second kappa shape index (κ2) is 12.3. The molecule has 3 rings (SSSR count). The Labute approximate surface area is 189 Å². The maximum absolute atomic E-state index is 13.9. The summed E-state index contributed by atoms with van der Waals surface area (Å²) < 4.78 is 30.7. The van der Waals surface area contributed by atoms with E-state index in [9.17, 15) is 4.39 Å². The van der Waals surface area contributed by atoms with Crippen LogP contribution in [0.1, 0.15) is 18.5 Å². The fourth-order valence-corrected chi connectivity index (χ4v) is 3.69. The van der Waals surface area contributed by atoms with Crippen molar-refractivity contribution < 1.29 is 18.6 Å². The lowest BCUT2D eigenvalue weighted by atomic mass is 10.0. The Bertz CT molecular complexity index is 874. The van der Waals surface area contributed by atoms with Crippen LogP contribution >= 0.6 is 0 Å². The highest BCUT2D eigenvalue weighted by Crippen LogP contribution is 2.26. The summed E-state index contributed by atoms with van der Waals surface area (Å²) in [6.07, 6.45) is -0.108. The summed E-state index contributed by atoms with van der Waals surface area (Å²) in [4.78, 5) is 6.64. The van der Waals surface area contributed by atoms with Gasteiger partial charge in [-0.05, 0) is 36.8 Å². The van der Waals surface area contributed by atoms with Crippen molar-refractivity contribution in [2.75, 3.05) is 53.6 Å². The fraction of sp³-hybridized carbons (Fsp3) is 0.458. The van der Waals surface area contributed by atoms with Gasteiger partial charge in [0.1, 0.15) is 11.9 Å². The van der Waals surface area contributed by atoms with E-state index in [1.807, 2.05) is 37.3 Å². The summed E-state index contributed by atoms with van der Waals surface area (Å²) in [5.74, 6) is 1.83. The number of aliphatic imine (C=N–C) groups is 1. The van der Waals surface area contributed by atoms with Gasteiger partial charge >= 0.3 is 0 Å². The van der Waals surface area contributed by atoms with Crippen molar-refractivity contribution in [1.29, 1.82) is 0 Å². The molecular formula is C24H33FN4O3. The highest BCUT2D eigenvalue weighted by Gasteiger charge is 2.23. The van der Waals surface area contributed by atoms with Gasteiger partial charge in [-0.3, -0.25) is 9.89 Å². The van der Waals surface area contributed by atoms with E-state index < -0.39 is 0 Å². The molecule has 1 aliphatic rings. The van der Waals surface area contributed by atoms with Crippen LogP contribution in [-0.4, -0.2) is 70.5 Å². The lowest BCUT2D eigenvalue weighted by molar-refractivity contribution is 0.0169. The minimum absolute atomic E-state index is 0.00963. The molecule has 0 spiro atoms. The van der Waals surface area contributed by atoms with Crippen LogP contribution in [0.2, 0.25) is 0 Å². The molecule has 0 aromatic heterocycles. The van der Waals surface area contributed by atoms with Crippen LogP contribution in [0.3, 0.4) is 0 Å². The van der Waals surface area contributed by atoms with Gasteiger partial charge in [0, 0.05) is 26.7 Å². The van der Waals surface area contributed by atoms with Crippen molar-refractivity contribution in [3.8, 4) is 11.5 Å². The molecule has 1 aliphatic heterocycles. The van der Waals surface area contributed by atoms with Crippen LogP contribution in [0.5, 0.6) is 11.5 Å². The summed E-state index contributed by atoms with van der Waals surface area (Å²) >= 11 is 0. The van der Waals surface area contributed by atoms with Gasteiger partial charge in [-0.15, -0.1) is 0 Å². The average molecular weight is 445 g/mol. The van der Waals surface area contributed by atoms with Crippen molar-refractivity contribution >= 4 is 5.96 Å². The van der Waals surface area contributed by atoms with Crippen LogP contribution in [0.15, 0.2) is 53.5 Å². The van der Waals surface area contributed by atoms with Gasteiger partial charge < -0.3 is 24.8 Å². The van der Waals surface area contributed by atoms with Gasteiger partial charge in [-0.1, -0.05) is 24.3 Å². The van der Waals surface area contributed by atoms with E-state index >= 15 is 0 Å². The lowest BCUT2D eigenvalue weighted by Gasteiger charge is -2.35. The average Bonchev–Trinajstić information content (AvgIpc) is 2.82. The Hall–Kier alpha value is -2.84. The Balaban J connectivity index is 1.57. The number of guanidine groups is 1. The van der Waals surface area contributed by atoms with Crippen LogP contribution in [0.4, 0.5) is 4.39 Å². The molecule has 0 aliphatic carbocycles. The Kier molecular flexibility index (Phi) is 9.13. The van der Waals surface area contributed by atoms with E-state index in [0.717, 1.165) is 18.7 Å². The molecule has 174 valence electrons. The first kappa shape index (κ1) is 23.8. The van der Waals surface area contributed by atoms with Gasteiger partial charge in [-0.2, -0.15) is 0 Å². The molecule has 2 atom stereocenters. The molecule has 0 amide bonds. The summed E-state index contributed by atoms with van der Waals surface area (Å²) in [7, 11) is 3.35. The third-order valence-corrected chi connectivity index (χ3v) is 5.36. The standard InChI is InChI=1S/C24H33FN4O3/c1-18(32-23-10-5-4-9-22(23)30-3)16-27-24(26-2)28-17-21(29-11-13-31-14-12-29)19-7-6-8-20(25)15-19/h4-10,15,18,21H,11-14,16-17H2,1-3H3,(H2,26,27,28). The molecule has 2 aromatic carbocycles. The van der Waals surface area contributed by atoms with E-state index in [4.69, 9.17) is 14.2 Å². The van der Waals surface area contributed by atoms with Crippen LogP contribution in [-0.2, 0) is 4.74 Å². The predicted octanol–water partition coefficient (Wildman–Crippen LogP) is 2.84. The van der Waals surface area contributed by atoms with Crippen molar-refractivity contribution in [1.82, 2.24) is 15.5 Å². The van der Waals surface area contributed by atoms with E-state index in [1.165, 1.54) is 6.07 Å². The first-order valence-electron chi connectivity index (χ1n) is 10.9. The molecule has 1 saturated heterocycles. The molecule has 0 radical (unpaired) electrons. The van der Waals surface area contributed by atoms with Crippen LogP contribution in [0.25, 0.3) is 0 Å². The number of morpholine rings is 1. The maximum atomic E-state index is 13.9. The molecule has 1 fully saturated rings. The number of methoxy groups -OCH3 is 1. The van der Waals surface area contributed by atoms with Gasteiger partial charge in [0.25, 0.3) is 0 Å². The molecule has 0 bridgehead atoms. The highest BCUT2D eigenvalue weighted by atomic mass is 19.1. The van der Waals surface area contributed by atoms with Gasteiger partial charge in [-0.25, -0.2) is 4.39 Å². The SMILES string of the molecule is CN=C(NCC(C)Oc1ccccc1OC)NCC(c1cccc(F)c1)N1CCOCC1. The monoisotopic (exact) mass is 444 g/mol. The minimum Gasteiger partial charge on any atom is -0.493 e. The second-order valence-corrected chi connectivity index (χ2v) is 7.63. The largest absolute Gasteiger partial charge is 0.493 e. The Morgan fingerprint density at radius 3 is 2.50 bits per heavy atom. The number of para-hydroxylation sites is 2. The van der Waals surface area contributed by atoms with Crippen molar-refractivity contribution in [3.05, 3.63) is 59.9 Å². The van der Waals surface area contributed by atoms with E-state index in [2.05, 4.69) is 20.5 Å². The number of nitrogens with zero attached hydrogens (tertiary/aromatic N) is 2. The molecule has 8 heteroatoms. The van der Waals surface area contributed by atoms with Gasteiger partial charge in [0.05, 0.1) is 32.9 Å². The molecule has 1 heterocycles. The van der Waals surface area contributed by atoms with E-state index in [0.29, 0.717) is 43.8 Å². The van der Waals surface area contributed by atoms with E-state index in [1.54, 1.807) is 26.3 Å². The number of benzene rings is 2. The van der Waals surface area contributed by atoms with Gasteiger partial charge in [0.15, 0.2) is 17.5 Å². The van der Waals surface area contributed by atoms with Crippen molar-refractivity contribution in [2.24, 2.45) is 4.99 Å². The zero-order valence-corrected chi connectivity index (χ0v) is 19.0. The number of nitrogens with one attached hydrogen (secondary N) is 2. The quantitative estimate of drug-likeness (QED) is 0.458. The molecule has 2 unspecified atom stereocenters. The zero-order chi connectivity index (χ0) is 22.8. The number of ether oxygens (including phenoxy) is 3. The first-order valence-corrected chi connectivity index (χ1v) is 10.9. The summed E-state index contributed by atoms with van der Waals surface area (Å²) in [6.45, 7) is 6.09. The molecule has 2 aromatic rings. The summed E-state index contributed by atoms with van der Waals surface area (Å²) in [5.41, 5.74) is 0.933. The number of hydrogen-bond donors (Lipinski definition) is 2. The minimum atomic E-state index is -0.231. The Morgan fingerprint density at radius 1 is 1.09 bits per heavy atom. The van der Waals surface area contributed by atoms with Crippen molar-refractivity contribution in [3.63, 3.8) is 0 Å². The third-order valence-electron chi connectivity index (χ3n) is 5.36. The summed E-state index contributed by atoms with van der Waals surface area (Å²) in [6, 6.07) is 14.4. The third kappa shape index (κ3) is 6.83. The van der Waals surface area contributed by atoms with Gasteiger partial charge in [0.2, 0.25) is 0 Å². The molecular weight excluding hydrogens is 411 g/mol. The second-order valence-electron chi connectivity index (χ2n) is 7.63. The molecule has 0 saturated carbocycles. The summed E-state index contributed by atoms with van der Waals surface area (Å²) in [5, 5.41) is 6.68. The number of hydrogen-bond acceptors (Lipinski definition) is 5. The van der Waals surface area contributed by atoms with E-state index in [-0.39, 0.29) is 18.0 Å². The molecule has 2 N–H and O–H groups in total. The smallest absolute Gasteiger partial charge is 0.191 e. The number of halogens is 1. The fourth-order valence-electron chi connectivity index (χ4n) is 3.69. The van der Waals surface area contributed by atoms with Crippen molar-refractivity contribution in [2.45, 2.75) is 19.1 Å². The molecule has 7 nitrogen and oxygen atoms in total.